The number of nitrogens with one attached hydrogen (secondary N) is 2. The molecule has 0 spiro atoms. The van der Waals surface area contributed by atoms with E-state index in [1.807, 2.05) is 36.4 Å². The van der Waals surface area contributed by atoms with E-state index in [2.05, 4.69) is 36.5 Å². The van der Waals surface area contributed by atoms with E-state index in [0.717, 1.165) is 29.8 Å². The first kappa shape index (κ1) is 17.3. The summed E-state index contributed by atoms with van der Waals surface area (Å²) in [4.78, 5) is 25.1. The number of nitrogens with zero attached hydrogens (tertiary/aromatic N) is 4. The molecule has 1 aromatic carbocycles. The number of unbranched alkanes of at least 4 members (excludes halogenated alkanes) is 1. The van der Waals surface area contributed by atoms with Gasteiger partial charge >= 0.3 is 0 Å². The lowest BCUT2D eigenvalue weighted by molar-refractivity contribution is -0.116. The summed E-state index contributed by atoms with van der Waals surface area (Å²) in [6.07, 6.45) is 4.71. The summed E-state index contributed by atoms with van der Waals surface area (Å²) in [5.41, 5.74) is 1.73. The van der Waals surface area contributed by atoms with Gasteiger partial charge in [-0.3, -0.25) is 20.2 Å². The zero-order valence-electron chi connectivity index (χ0n) is 14.6. The number of hydrogen-bond acceptors (Lipinski definition) is 6. The van der Waals surface area contributed by atoms with E-state index in [1.54, 1.807) is 17.5 Å². The molecule has 3 heterocycles. The number of hydrogen-bond donors (Lipinski definition) is 2. The van der Waals surface area contributed by atoms with Gasteiger partial charge in [-0.2, -0.15) is 4.98 Å². The summed E-state index contributed by atoms with van der Waals surface area (Å²) in [6, 6.07) is 13.7. The predicted octanol–water partition coefficient (Wildman–Crippen LogP) is 3.83. The van der Waals surface area contributed by atoms with E-state index < -0.39 is 0 Å². The number of H-pyrrole nitrogens is 1. The highest BCUT2D eigenvalue weighted by molar-refractivity contribution is 7.18. The predicted molar refractivity (Wildman–Crippen MR) is 105 cm³/mol. The van der Waals surface area contributed by atoms with Gasteiger partial charge in [0.2, 0.25) is 11.9 Å². The lowest BCUT2D eigenvalue weighted by Gasteiger charge is -2.00. The topological polar surface area (TPSA) is 96.5 Å². The largest absolute Gasteiger partial charge is 0.293 e. The van der Waals surface area contributed by atoms with Gasteiger partial charge in [-0.1, -0.05) is 18.2 Å². The molecule has 0 aliphatic heterocycles. The Morgan fingerprint density at radius 1 is 1.07 bits per heavy atom. The van der Waals surface area contributed by atoms with Crippen LogP contribution in [0.2, 0.25) is 0 Å². The van der Waals surface area contributed by atoms with Crippen LogP contribution in [-0.2, 0) is 11.2 Å². The van der Waals surface area contributed by atoms with Gasteiger partial charge in [0.1, 0.15) is 5.69 Å². The highest BCUT2D eigenvalue weighted by Gasteiger charge is 2.10. The van der Waals surface area contributed by atoms with Crippen molar-refractivity contribution in [2.24, 2.45) is 0 Å². The number of carbonyl (C=O) groups is 1. The Labute approximate surface area is 159 Å². The van der Waals surface area contributed by atoms with Gasteiger partial charge in [-0.25, -0.2) is 4.98 Å². The molecule has 4 rings (SSSR count). The fourth-order valence-corrected chi connectivity index (χ4v) is 3.72. The van der Waals surface area contributed by atoms with Gasteiger partial charge < -0.3 is 0 Å². The number of thiazole rings is 1. The molecule has 8 heteroatoms. The summed E-state index contributed by atoms with van der Waals surface area (Å²) in [5, 5.41) is 10.6. The van der Waals surface area contributed by atoms with Crippen LogP contribution in [0.15, 0.2) is 48.7 Å². The Hall–Kier alpha value is -3.13. The third-order valence-electron chi connectivity index (χ3n) is 4.03. The third kappa shape index (κ3) is 4.35. The fourth-order valence-electron chi connectivity index (χ4n) is 2.71. The van der Waals surface area contributed by atoms with Crippen molar-refractivity contribution in [2.45, 2.75) is 25.7 Å². The minimum Gasteiger partial charge on any atom is -0.293 e. The zero-order valence-corrected chi connectivity index (χ0v) is 15.4. The van der Waals surface area contributed by atoms with E-state index in [9.17, 15) is 4.79 Å². The molecule has 136 valence electrons. The molecule has 0 fully saturated rings. The van der Waals surface area contributed by atoms with Crippen LogP contribution in [-0.4, -0.2) is 31.1 Å². The third-order valence-corrected chi connectivity index (χ3v) is 5.12. The quantitative estimate of drug-likeness (QED) is 0.477. The van der Waals surface area contributed by atoms with Crippen molar-refractivity contribution in [3.8, 4) is 11.5 Å². The summed E-state index contributed by atoms with van der Waals surface area (Å²) in [7, 11) is 0. The van der Waals surface area contributed by atoms with Crippen LogP contribution >= 0.6 is 11.3 Å². The van der Waals surface area contributed by atoms with Crippen LogP contribution in [0, 0.1) is 0 Å². The van der Waals surface area contributed by atoms with Gasteiger partial charge in [0.15, 0.2) is 5.82 Å². The molecule has 27 heavy (non-hydrogen) atoms. The van der Waals surface area contributed by atoms with Crippen LogP contribution < -0.4 is 5.32 Å². The standard InChI is InChI=1S/C19H18N6OS/c26-16(22-19-23-18(24-25-19)14-8-5-6-12-20-14)10-3-4-11-17-21-13-7-1-2-9-15(13)27-17/h1-2,5-9,12H,3-4,10-11H2,(H2,22,23,24,25,26). The SMILES string of the molecule is O=C(CCCCc1nc2ccccc2s1)Nc1n[nH]c(-c2ccccn2)n1. The molecule has 0 atom stereocenters. The first-order chi connectivity index (χ1) is 13.3. The normalized spacial score (nSPS) is 11.0. The number of aromatic nitrogens is 5. The smallest absolute Gasteiger partial charge is 0.249 e. The molecule has 0 saturated heterocycles. The van der Waals surface area contributed by atoms with Crippen molar-refractivity contribution < 1.29 is 4.79 Å². The van der Waals surface area contributed by atoms with Gasteiger partial charge in [0.25, 0.3) is 0 Å². The second kappa shape index (κ2) is 8.05. The molecule has 1 amide bonds. The molecular weight excluding hydrogens is 360 g/mol. The average Bonchev–Trinajstić information content (AvgIpc) is 3.32. The highest BCUT2D eigenvalue weighted by Crippen LogP contribution is 2.23. The minimum atomic E-state index is -0.0918. The first-order valence-electron chi connectivity index (χ1n) is 8.76. The van der Waals surface area contributed by atoms with Gasteiger partial charge in [-0.15, -0.1) is 16.4 Å². The van der Waals surface area contributed by atoms with Crippen molar-refractivity contribution in [1.29, 1.82) is 0 Å². The molecule has 4 aromatic rings. The number of aromatic amines is 1. The number of benzene rings is 1. The summed E-state index contributed by atoms with van der Waals surface area (Å²) < 4.78 is 1.21. The lowest BCUT2D eigenvalue weighted by Crippen LogP contribution is -2.12. The van der Waals surface area contributed by atoms with Crippen molar-refractivity contribution in [1.82, 2.24) is 25.1 Å². The first-order valence-corrected chi connectivity index (χ1v) is 9.58. The number of aryl methyl sites for hydroxylation is 1. The number of fused-ring (bicyclic) bond motifs is 1. The molecule has 2 N–H and O–H groups in total. The Morgan fingerprint density at radius 3 is 2.81 bits per heavy atom. The molecule has 3 aromatic heterocycles. The molecule has 7 nitrogen and oxygen atoms in total. The second-order valence-electron chi connectivity index (χ2n) is 6.05. The van der Waals surface area contributed by atoms with Gasteiger partial charge in [-0.05, 0) is 43.5 Å². The van der Waals surface area contributed by atoms with Crippen LogP contribution in [0.25, 0.3) is 21.7 Å². The molecule has 0 bridgehead atoms. The van der Waals surface area contributed by atoms with Crippen LogP contribution in [0.5, 0.6) is 0 Å². The average molecular weight is 378 g/mol. The molecule has 0 unspecified atom stereocenters. The van der Waals surface area contributed by atoms with Crippen molar-refractivity contribution in [3.63, 3.8) is 0 Å². The van der Waals surface area contributed by atoms with Crippen LogP contribution in [0.1, 0.15) is 24.3 Å². The van der Waals surface area contributed by atoms with E-state index in [0.29, 0.717) is 17.9 Å². The van der Waals surface area contributed by atoms with Crippen LogP contribution in [0.4, 0.5) is 5.95 Å². The number of pyridine rings is 1. The zero-order chi connectivity index (χ0) is 18.5. The number of rotatable bonds is 7. The Bertz CT molecular complexity index is 1010. The number of anilines is 1. The van der Waals surface area contributed by atoms with Gasteiger partial charge in [0, 0.05) is 12.6 Å². The van der Waals surface area contributed by atoms with Crippen LogP contribution in [0.3, 0.4) is 0 Å². The van der Waals surface area contributed by atoms with E-state index >= 15 is 0 Å². The number of amides is 1. The van der Waals surface area contributed by atoms with E-state index in [4.69, 9.17) is 0 Å². The Morgan fingerprint density at radius 2 is 1.96 bits per heavy atom. The van der Waals surface area contributed by atoms with Gasteiger partial charge in [0.05, 0.1) is 15.2 Å². The van der Waals surface area contributed by atoms with Crippen molar-refractivity contribution in [3.05, 3.63) is 53.7 Å². The maximum Gasteiger partial charge on any atom is 0.249 e. The fraction of sp³-hybridized carbons (Fsp3) is 0.211. The molecule has 0 aliphatic rings. The second-order valence-corrected chi connectivity index (χ2v) is 7.17. The molecule has 0 aliphatic carbocycles. The van der Waals surface area contributed by atoms with Crippen molar-refractivity contribution in [2.75, 3.05) is 5.32 Å². The maximum atomic E-state index is 12.1. The summed E-state index contributed by atoms with van der Waals surface area (Å²) in [6.45, 7) is 0. The van der Waals surface area contributed by atoms with Crippen molar-refractivity contribution >= 4 is 33.4 Å². The highest BCUT2D eigenvalue weighted by atomic mass is 32.1. The molecular formula is C19H18N6OS. The Kier molecular flexibility index (Phi) is 5.15. The van der Waals surface area contributed by atoms with E-state index in [1.165, 1.54) is 4.70 Å². The Balaban J connectivity index is 1.23. The summed E-state index contributed by atoms with van der Waals surface area (Å²) in [5.74, 6) is 0.708. The van der Waals surface area contributed by atoms with E-state index in [-0.39, 0.29) is 11.9 Å². The molecule has 0 saturated carbocycles. The molecule has 0 radical (unpaired) electrons. The lowest BCUT2D eigenvalue weighted by atomic mass is 10.2. The number of para-hydroxylation sites is 1. The number of carbonyl (C=O) groups excluding carboxylic acids is 1. The maximum absolute atomic E-state index is 12.1. The minimum absolute atomic E-state index is 0.0918. The monoisotopic (exact) mass is 378 g/mol. The summed E-state index contributed by atoms with van der Waals surface area (Å²) >= 11 is 1.72.